The summed E-state index contributed by atoms with van der Waals surface area (Å²) in [4.78, 5) is 12.7. The number of hydrogen-bond donors (Lipinski definition) is 1. The normalized spacial score (nSPS) is 11.8. The third-order valence-corrected chi connectivity index (χ3v) is 5.80. The SMILES string of the molecule is COc1cccc(-c2nnc(SC(C)C(=O)Nc3ccccc3F)n2Cc2ccco2)c1. The van der Waals surface area contributed by atoms with E-state index in [4.69, 9.17) is 9.15 Å². The zero-order valence-electron chi connectivity index (χ0n) is 17.5. The van der Waals surface area contributed by atoms with Crippen LogP contribution >= 0.6 is 11.8 Å². The van der Waals surface area contributed by atoms with Gasteiger partial charge in [0.1, 0.15) is 17.3 Å². The van der Waals surface area contributed by atoms with Gasteiger partial charge >= 0.3 is 0 Å². The fourth-order valence-corrected chi connectivity index (χ4v) is 3.91. The summed E-state index contributed by atoms with van der Waals surface area (Å²) < 4.78 is 26.6. The average Bonchev–Trinajstić information content (AvgIpc) is 3.46. The van der Waals surface area contributed by atoms with Crippen molar-refractivity contribution < 1.29 is 18.3 Å². The summed E-state index contributed by atoms with van der Waals surface area (Å²) in [5, 5.41) is 11.3. The van der Waals surface area contributed by atoms with Crippen molar-refractivity contribution in [1.29, 1.82) is 0 Å². The van der Waals surface area contributed by atoms with Crippen LogP contribution in [0.1, 0.15) is 12.7 Å². The number of carbonyl (C=O) groups excluding carboxylic acids is 1. The van der Waals surface area contributed by atoms with Gasteiger partial charge < -0.3 is 14.5 Å². The molecule has 0 bridgehead atoms. The number of amides is 1. The van der Waals surface area contributed by atoms with Gasteiger partial charge in [-0.3, -0.25) is 9.36 Å². The molecule has 0 aliphatic rings. The van der Waals surface area contributed by atoms with Gasteiger partial charge in [-0.15, -0.1) is 10.2 Å². The highest BCUT2D eigenvalue weighted by Crippen LogP contribution is 2.30. The molecule has 2 aromatic heterocycles. The number of furan rings is 1. The minimum absolute atomic E-state index is 0.138. The quantitative estimate of drug-likeness (QED) is 0.385. The Labute approximate surface area is 188 Å². The Morgan fingerprint density at radius 1 is 1.19 bits per heavy atom. The minimum Gasteiger partial charge on any atom is -0.497 e. The van der Waals surface area contributed by atoms with Crippen molar-refractivity contribution in [3.05, 3.63) is 78.5 Å². The third kappa shape index (κ3) is 4.83. The zero-order valence-corrected chi connectivity index (χ0v) is 18.3. The van der Waals surface area contributed by atoms with Crippen LogP contribution in [0.15, 0.2) is 76.5 Å². The van der Waals surface area contributed by atoms with Crippen LogP contribution in [-0.2, 0) is 11.3 Å². The number of thioether (sulfide) groups is 1. The van der Waals surface area contributed by atoms with Crippen LogP contribution < -0.4 is 10.1 Å². The molecule has 0 aliphatic heterocycles. The second kappa shape index (κ2) is 9.69. The van der Waals surface area contributed by atoms with Gasteiger partial charge in [-0.2, -0.15) is 0 Å². The lowest BCUT2D eigenvalue weighted by atomic mass is 10.2. The number of para-hydroxylation sites is 1. The lowest BCUT2D eigenvalue weighted by Gasteiger charge is -2.14. The van der Waals surface area contributed by atoms with Crippen molar-refractivity contribution >= 4 is 23.4 Å². The van der Waals surface area contributed by atoms with E-state index in [1.807, 2.05) is 41.0 Å². The van der Waals surface area contributed by atoms with Crippen molar-refractivity contribution in [1.82, 2.24) is 14.8 Å². The Balaban J connectivity index is 1.60. The smallest absolute Gasteiger partial charge is 0.237 e. The van der Waals surface area contributed by atoms with Gasteiger partial charge in [0.15, 0.2) is 11.0 Å². The second-order valence-electron chi connectivity index (χ2n) is 6.93. The molecule has 32 heavy (non-hydrogen) atoms. The summed E-state index contributed by atoms with van der Waals surface area (Å²) >= 11 is 1.23. The number of ether oxygens (including phenoxy) is 1. The van der Waals surface area contributed by atoms with E-state index in [0.29, 0.717) is 23.3 Å². The molecule has 1 unspecified atom stereocenters. The molecule has 2 aromatic carbocycles. The molecule has 0 saturated carbocycles. The van der Waals surface area contributed by atoms with E-state index >= 15 is 0 Å². The number of anilines is 1. The van der Waals surface area contributed by atoms with Gasteiger partial charge in [0, 0.05) is 5.56 Å². The molecular formula is C23H21FN4O3S. The number of benzene rings is 2. The standard InChI is InChI=1S/C23H21FN4O3S/c1-15(22(29)25-20-11-4-3-10-19(20)24)32-23-27-26-21(16-7-5-8-17(13-16)30-2)28(23)14-18-9-6-12-31-18/h3-13,15H,14H2,1-2H3,(H,25,29). The maximum absolute atomic E-state index is 13.9. The van der Waals surface area contributed by atoms with E-state index < -0.39 is 11.1 Å². The fourth-order valence-electron chi connectivity index (χ4n) is 3.06. The maximum atomic E-state index is 13.9. The number of carbonyl (C=O) groups is 1. The predicted molar refractivity (Wildman–Crippen MR) is 120 cm³/mol. The number of aromatic nitrogens is 3. The fraction of sp³-hybridized carbons (Fsp3) is 0.174. The summed E-state index contributed by atoms with van der Waals surface area (Å²) in [6.07, 6.45) is 1.60. The molecule has 2 heterocycles. The van der Waals surface area contributed by atoms with Gasteiger partial charge in [0.2, 0.25) is 5.91 Å². The first kappa shape index (κ1) is 21.6. The predicted octanol–water partition coefficient (Wildman–Crippen LogP) is 4.85. The van der Waals surface area contributed by atoms with Crippen LogP contribution in [-0.4, -0.2) is 33.0 Å². The highest BCUT2D eigenvalue weighted by Gasteiger charge is 2.22. The summed E-state index contributed by atoms with van der Waals surface area (Å²) in [6, 6.07) is 17.2. The highest BCUT2D eigenvalue weighted by atomic mass is 32.2. The van der Waals surface area contributed by atoms with Gasteiger partial charge in [-0.25, -0.2) is 4.39 Å². The van der Waals surface area contributed by atoms with Crippen LogP contribution in [0.2, 0.25) is 0 Å². The first-order chi connectivity index (χ1) is 15.5. The number of halogens is 1. The summed E-state index contributed by atoms with van der Waals surface area (Å²) in [5.74, 6) is 1.21. The van der Waals surface area contributed by atoms with Crippen molar-refractivity contribution in [3.63, 3.8) is 0 Å². The van der Waals surface area contributed by atoms with Crippen LogP contribution in [0.5, 0.6) is 5.75 Å². The molecule has 164 valence electrons. The molecule has 7 nitrogen and oxygen atoms in total. The number of nitrogens with zero attached hydrogens (tertiary/aromatic N) is 3. The van der Waals surface area contributed by atoms with E-state index in [1.165, 1.54) is 23.9 Å². The maximum Gasteiger partial charge on any atom is 0.237 e. The Kier molecular flexibility index (Phi) is 6.55. The third-order valence-electron chi connectivity index (χ3n) is 4.72. The molecule has 1 N–H and O–H groups in total. The first-order valence-corrected chi connectivity index (χ1v) is 10.7. The highest BCUT2D eigenvalue weighted by molar-refractivity contribution is 8.00. The molecular weight excluding hydrogens is 431 g/mol. The van der Waals surface area contributed by atoms with Gasteiger partial charge in [0.25, 0.3) is 0 Å². The van der Waals surface area contributed by atoms with Crippen molar-refractivity contribution in [2.24, 2.45) is 0 Å². The number of hydrogen-bond acceptors (Lipinski definition) is 6. The van der Waals surface area contributed by atoms with Gasteiger partial charge in [-0.1, -0.05) is 36.0 Å². The second-order valence-corrected chi connectivity index (χ2v) is 8.24. The van der Waals surface area contributed by atoms with Crippen molar-refractivity contribution in [2.45, 2.75) is 23.9 Å². The topological polar surface area (TPSA) is 82.2 Å². The molecule has 1 amide bonds. The number of nitrogens with one attached hydrogen (secondary N) is 1. The molecule has 1 atom stereocenters. The summed E-state index contributed by atoms with van der Waals surface area (Å²) in [6.45, 7) is 2.12. The van der Waals surface area contributed by atoms with Crippen molar-refractivity contribution in [2.75, 3.05) is 12.4 Å². The monoisotopic (exact) mass is 452 g/mol. The van der Waals surface area contributed by atoms with Gasteiger partial charge in [0.05, 0.1) is 30.9 Å². The average molecular weight is 453 g/mol. The molecule has 0 radical (unpaired) electrons. The van der Waals surface area contributed by atoms with Crippen LogP contribution in [0.3, 0.4) is 0 Å². The zero-order chi connectivity index (χ0) is 22.5. The van der Waals surface area contributed by atoms with E-state index in [1.54, 1.807) is 32.4 Å². The first-order valence-electron chi connectivity index (χ1n) is 9.87. The van der Waals surface area contributed by atoms with Crippen molar-refractivity contribution in [3.8, 4) is 17.1 Å². The van der Waals surface area contributed by atoms with E-state index in [-0.39, 0.29) is 11.6 Å². The number of methoxy groups -OCH3 is 1. The summed E-state index contributed by atoms with van der Waals surface area (Å²) in [7, 11) is 1.60. The lowest BCUT2D eigenvalue weighted by Crippen LogP contribution is -2.23. The van der Waals surface area contributed by atoms with E-state index in [9.17, 15) is 9.18 Å². The lowest BCUT2D eigenvalue weighted by molar-refractivity contribution is -0.115. The largest absolute Gasteiger partial charge is 0.497 e. The van der Waals surface area contributed by atoms with Gasteiger partial charge in [-0.05, 0) is 43.3 Å². The van der Waals surface area contributed by atoms with Crippen LogP contribution in [0.25, 0.3) is 11.4 Å². The summed E-state index contributed by atoms with van der Waals surface area (Å²) in [5.41, 5.74) is 0.956. The molecule has 0 saturated heterocycles. The minimum atomic E-state index is -0.549. The molecule has 4 rings (SSSR count). The molecule has 9 heteroatoms. The Morgan fingerprint density at radius 2 is 2.03 bits per heavy atom. The Bertz CT molecular complexity index is 1210. The van der Waals surface area contributed by atoms with E-state index in [0.717, 1.165) is 11.3 Å². The molecule has 0 aliphatic carbocycles. The van der Waals surface area contributed by atoms with Crippen LogP contribution in [0.4, 0.5) is 10.1 Å². The Morgan fingerprint density at radius 3 is 2.78 bits per heavy atom. The number of rotatable bonds is 8. The molecule has 0 fully saturated rings. The molecule has 0 spiro atoms. The van der Waals surface area contributed by atoms with E-state index in [2.05, 4.69) is 15.5 Å². The molecule has 4 aromatic rings. The van der Waals surface area contributed by atoms with Crippen LogP contribution in [0, 0.1) is 5.82 Å². The Hall–Kier alpha value is -3.59.